The molecule has 0 spiro atoms. The molecule has 0 aromatic heterocycles. The van der Waals surface area contributed by atoms with E-state index in [1.807, 2.05) is 6.92 Å². The first-order valence-electron chi connectivity index (χ1n) is 9.56. The van der Waals surface area contributed by atoms with Crippen LogP contribution < -0.4 is 15.4 Å². The average molecular weight is 416 g/mol. The molecule has 0 aliphatic carbocycles. The lowest BCUT2D eigenvalue weighted by molar-refractivity contribution is -0.150. The maximum absolute atomic E-state index is 13.8. The molecule has 0 saturated carbocycles. The third-order valence-electron chi connectivity index (χ3n) is 4.12. The molecule has 0 bridgehead atoms. The van der Waals surface area contributed by atoms with Crippen LogP contribution in [0.1, 0.15) is 31.1 Å². The monoisotopic (exact) mass is 416 g/mol. The van der Waals surface area contributed by atoms with E-state index >= 15 is 0 Å². The Bertz CT molecular complexity index is 883. The molecule has 0 aliphatic rings. The maximum atomic E-state index is 13.8. The Morgan fingerprint density at radius 3 is 2.30 bits per heavy atom. The number of hydrogen-bond acceptors (Lipinski definition) is 5. The zero-order chi connectivity index (χ0) is 22.1. The smallest absolute Gasteiger partial charge is 0.329 e. The predicted molar refractivity (Wildman–Crippen MR) is 110 cm³/mol. The number of carbonyl (C=O) groups is 3. The fraction of sp³-hybridized carbons (Fsp3) is 0.318. The molecule has 0 aliphatic heterocycles. The molecule has 2 aromatic carbocycles. The highest BCUT2D eigenvalue weighted by Gasteiger charge is 2.27. The van der Waals surface area contributed by atoms with Crippen molar-refractivity contribution in [2.24, 2.45) is 5.92 Å². The van der Waals surface area contributed by atoms with Crippen LogP contribution in [0.15, 0.2) is 48.5 Å². The normalized spacial score (nSPS) is 11.5. The summed E-state index contributed by atoms with van der Waals surface area (Å²) in [6, 6.07) is 11.2. The number of nitrogens with one attached hydrogen (secondary N) is 2. The number of ether oxygens (including phenoxy) is 2. The fourth-order valence-electron chi connectivity index (χ4n) is 2.59. The zero-order valence-corrected chi connectivity index (χ0v) is 17.1. The number of halogens is 1. The maximum Gasteiger partial charge on any atom is 0.329 e. The van der Waals surface area contributed by atoms with Crippen LogP contribution in [-0.2, 0) is 14.3 Å². The van der Waals surface area contributed by atoms with E-state index in [1.54, 1.807) is 38.1 Å². The highest BCUT2D eigenvalue weighted by molar-refractivity contribution is 5.97. The first-order chi connectivity index (χ1) is 14.3. The highest BCUT2D eigenvalue weighted by atomic mass is 19.1. The van der Waals surface area contributed by atoms with E-state index in [9.17, 15) is 18.8 Å². The van der Waals surface area contributed by atoms with Crippen molar-refractivity contribution in [1.29, 1.82) is 0 Å². The summed E-state index contributed by atoms with van der Waals surface area (Å²) >= 11 is 0. The summed E-state index contributed by atoms with van der Waals surface area (Å²) in [5.41, 5.74) is 0.344. The van der Waals surface area contributed by atoms with Gasteiger partial charge in [-0.25, -0.2) is 9.18 Å². The third-order valence-corrected chi connectivity index (χ3v) is 4.12. The molecule has 8 heteroatoms. The van der Waals surface area contributed by atoms with E-state index in [2.05, 4.69) is 10.6 Å². The molecule has 0 saturated heterocycles. The molecule has 1 atom stereocenters. The molecule has 30 heavy (non-hydrogen) atoms. The highest BCUT2D eigenvalue weighted by Crippen LogP contribution is 2.15. The minimum absolute atomic E-state index is 0.177. The Labute approximate surface area is 174 Å². The van der Waals surface area contributed by atoms with Gasteiger partial charge in [-0.05, 0) is 49.2 Å². The Morgan fingerprint density at radius 1 is 1.03 bits per heavy atom. The van der Waals surface area contributed by atoms with Crippen molar-refractivity contribution in [3.63, 3.8) is 0 Å². The minimum Gasteiger partial charge on any atom is -0.494 e. The second-order valence-corrected chi connectivity index (χ2v) is 6.79. The van der Waals surface area contributed by atoms with Gasteiger partial charge in [-0.1, -0.05) is 26.0 Å². The summed E-state index contributed by atoms with van der Waals surface area (Å²) in [6.07, 6.45) is 0. The molecule has 0 heterocycles. The van der Waals surface area contributed by atoms with E-state index in [4.69, 9.17) is 9.47 Å². The first-order valence-corrected chi connectivity index (χ1v) is 9.56. The molecule has 2 amide bonds. The summed E-state index contributed by atoms with van der Waals surface area (Å²) in [5, 5.41) is 5.07. The molecule has 160 valence electrons. The molecule has 2 rings (SSSR count). The lowest BCUT2D eigenvalue weighted by Gasteiger charge is -2.21. The van der Waals surface area contributed by atoms with Crippen LogP contribution in [0.25, 0.3) is 0 Å². The van der Waals surface area contributed by atoms with Gasteiger partial charge in [0.05, 0.1) is 12.2 Å². The topological polar surface area (TPSA) is 93.7 Å². The van der Waals surface area contributed by atoms with Gasteiger partial charge in [0.25, 0.3) is 11.8 Å². The van der Waals surface area contributed by atoms with Gasteiger partial charge in [0.1, 0.15) is 17.6 Å². The molecular formula is C22H25FN2O5. The lowest BCUT2D eigenvalue weighted by atomic mass is 10.0. The van der Waals surface area contributed by atoms with Crippen molar-refractivity contribution in [3.05, 3.63) is 59.9 Å². The average Bonchev–Trinajstić information content (AvgIpc) is 2.72. The molecule has 7 nitrogen and oxygen atoms in total. The summed E-state index contributed by atoms with van der Waals surface area (Å²) < 4.78 is 24.2. The van der Waals surface area contributed by atoms with Gasteiger partial charge in [0.2, 0.25) is 0 Å². The number of anilines is 1. The minimum atomic E-state index is -1.03. The van der Waals surface area contributed by atoms with Gasteiger partial charge in [0.15, 0.2) is 6.61 Å². The first kappa shape index (κ1) is 22.9. The van der Waals surface area contributed by atoms with Crippen LogP contribution in [0.3, 0.4) is 0 Å². The van der Waals surface area contributed by atoms with Crippen LogP contribution in [-0.4, -0.2) is 37.0 Å². The summed E-state index contributed by atoms with van der Waals surface area (Å²) in [6.45, 7) is 5.28. The van der Waals surface area contributed by atoms with Crippen molar-refractivity contribution in [2.75, 3.05) is 18.5 Å². The molecule has 0 fully saturated rings. The Morgan fingerprint density at radius 2 is 1.70 bits per heavy atom. The third kappa shape index (κ3) is 6.58. The van der Waals surface area contributed by atoms with Crippen LogP contribution in [0, 0.1) is 11.7 Å². The van der Waals surface area contributed by atoms with Crippen LogP contribution in [0.5, 0.6) is 5.75 Å². The lowest BCUT2D eigenvalue weighted by Crippen LogP contribution is -2.46. The Hall–Kier alpha value is -3.42. The molecule has 2 aromatic rings. The van der Waals surface area contributed by atoms with Crippen molar-refractivity contribution in [3.8, 4) is 5.75 Å². The summed E-state index contributed by atoms with van der Waals surface area (Å²) in [5.74, 6) is -2.40. The summed E-state index contributed by atoms with van der Waals surface area (Å²) in [7, 11) is 0. The van der Waals surface area contributed by atoms with Crippen molar-refractivity contribution >= 4 is 23.5 Å². The Balaban J connectivity index is 1.90. The van der Waals surface area contributed by atoms with Crippen LogP contribution >= 0.6 is 0 Å². The molecule has 2 N–H and O–H groups in total. The molecule has 0 radical (unpaired) electrons. The zero-order valence-electron chi connectivity index (χ0n) is 17.1. The van der Waals surface area contributed by atoms with Crippen molar-refractivity contribution in [1.82, 2.24) is 5.32 Å². The largest absolute Gasteiger partial charge is 0.494 e. The van der Waals surface area contributed by atoms with Gasteiger partial charge in [-0.3, -0.25) is 9.59 Å². The predicted octanol–water partition coefficient (Wildman–Crippen LogP) is 3.16. The van der Waals surface area contributed by atoms with E-state index in [0.29, 0.717) is 18.0 Å². The Kier molecular flexibility index (Phi) is 8.34. The van der Waals surface area contributed by atoms with Gasteiger partial charge in [0, 0.05) is 5.69 Å². The number of amides is 2. The van der Waals surface area contributed by atoms with E-state index in [1.165, 1.54) is 18.2 Å². The van der Waals surface area contributed by atoms with Gasteiger partial charge < -0.3 is 20.1 Å². The standard InChI is InChI=1S/C22H25FN2O5/c1-4-29-16-11-9-15(10-12-16)24-19(26)13-30-22(28)20(14(2)3)25-21(27)17-7-5-6-8-18(17)23/h5-12,14,20H,4,13H2,1-3H3,(H,24,26)(H,25,27)/t20-/m0/s1. The second-order valence-electron chi connectivity index (χ2n) is 6.79. The van der Waals surface area contributed by atoms with Gasteiger partial charge >= 0.3 is 5.97 Å². The van der Waals surface area contributed by atoms with Crippen molar-refractivity contribution in [2.45, 2.75) is 26.8 Å². The second kappa shape index (κ2) is 10.9. The van der Waals surface area contributed by atoms with Crippen LogP contribution in [0.4, 0.5) is 10.1 Å². The number of rotatable bonds is 9. The van der Waals surface area contributed by atoms with E-state index in [-0.39, 0.29) is 11.5 Å². The van der Waals surface area contributed by atoms with Crippen molar-refractivity contribution < 1.29 is 28.2 Å². The number of esters is 1. The fourth-order valence-corrected chi connectivity index (χ4v) is 2.59. The summed E-state index contributed by atoms with van der Waals surface area (Å²) in [4.78, 5) is 36.7. The van der Waals surface area contributed by atoms with Gasteiger partial charge in [-0.15, -0.1) is 0 Å². The number of hydrogen-bond donors (Lipinski definition) is 2. The number of carbonyl (C=O) groups excluding carboxylic acids is 3. The van der Waals surface area contributed by atoms with Gasteiger partial charge in [-0.2, -0.15) is 0 Å². The van der Waals surface area contributed by atoms with Crippen LogP contribution in [0.2, 0.25) is 0 Å². The molecule has 0 unspecified atom stereocenters. The number of benzene rings is 2. The van der Waals surface area contributed by atoms with E-state index < -0.39 is 36.2 Å². The quantitative estimate of drug-likeness (QED) is 0.613. The molecular weight excluding hydrogens is 391 g/mol. The van der Waals surface area contributed by atoms with E-state index in [0.717, 1.165) is 6.07 Å². The SMILES string of the molecule is CCOc1ccc(NC(=O)COC(=O)[C@@H](NC(=O)c2ccccc2F)C(C)C)cc1.